The Hall–Kier alpha value is -1.56. The van der Waals surface area contributed by atoms with Crippen LogP contribution in [-0.4, -0.2) is 0 Å². The summed E-state index contributed by atoms with van der Waals surface area (Å²) in [5.41, 5.74) is 5.70. The van der Waals surface area contributed by atoms with Crippen LogP contribution in [-0.2, 0) is 0 Å². The Labute approximate surface area is 103 Å². The zero-order chi connectivity index (χ0) is 12.0. The van der Waals surface area contributed by atoms with Gasteiger partial charge in [-0.15, -0.1) is 0 Å². The molecular weight excluding hydrogens is 204 g/mol. The van der Waals surface area contributed by atoms with E-state index in [1.165, 1.54) is 28.2 Å². The molecule has 0 fully saturated rings. The summed E-state index contributed by atoms with van der Waals surface area (Å²) in [6.07, 6.45) is 8.98. The standard InChI is InChI=1S/C17H17/c1-17(2,3)16-10-6-9-14-13-8-5-4-7-12(13)11-15(14)16/h4-11H,1-3H3. The van der Waals surface area contributed by atoms with Crippen LogP contribution in [0.2, 0.25) is 0 Å². The van der Waals surface area contributed by atoms with Crippen molar-refractivity contribution in [3.05, 3.63) is 65.1 Å². The third-order valence-corrected chi connectivity index (χ3v) is 3.46. The Morgan fingerprint density at radius 2 is 1.71 bits per heavy atom. The van der Waals surface area contributed by atoms with E-state index >= 15 is 0 Å². The summed E-state index contributed by atoms with van der Waals surface area (Å²) in [6, 6.07) is 8.63. The molecule has 0 aliphatic heterocycles. The van der Waals surface area contributed by atoms with E-state index in [0.717, 1.165) is 0 Å². The van der Waals surface area contributed by atoms with Gasteiger partial charge in [0, 0.05) is 5.92 Å². The zero-order valence-corrected chi connectivity index (χ0v) is 10.6. The minimum absolute atomic E-state index is 0.198. The molecule has 2 aliphatic rings. The van der Waals surface area contributed by atoms with E-state index in [1.807, 2.05) is 0 Å². The summed E-state index contributed by atoms with van der Waals surface area (Å²) in [5.74, 6) is 1.44. The predicted octanol–water partition coefficient (Wildman–Crippen LogP) is 4.66. The quantitative estimate of drug-likeness (QED) is 0.598. The topological polar surface area (TPSA) is 0 Å². The average Bonchev–Trinajstić information content (AvgIpc) is 2.65. The second-order valence-corrected chi connectivity index (χ2v) is 5.75. The number of fused-ring (bicyclic) bond motifs is 3. The third kappa shape index (κ3) is 1.59. The normalized spacial score (nSPS) is 18.5. The number of hydrogen-bond acceptors (Lipinski definition) is 0. The van der Waals surface area contributed by atoms with Crippen LogP contribution < -0.4 is 0 Å². The molecular formula is C17H17. The molecule has 0 saturated heterocycles. The van der Waals surface area contributed by atoms with Gasteiger partial charge in [0.1, 0.15) is 0 Å². The van der Waals surface area contributed by atoms with Crippen molar-refractivity contribution in [3.63, 3.8) is 0 Å². The molecule has 3 rings (SSSR count). The molecule has 1 radical (unpaired) electrons. The molecule has 0 unspecified atom stereocenters. The van der Waals surface area contributed by atoms with Gasteiger partial charge >= 0.3 is 0 Å². The molecule has 0 nitrogen and oxygen atoms in total. The van der Waals surface area contributed by atoms with E-state index in [-0.39, 0.29) is 5.41 Å². The van der Waals surface area contributed by atoms with Crippen LogP contribution >= 0.6 is 0 Å². The van der Waals surface area contributed by atoms with Crippen molar-refractivity contribution in [2.45, 2.75) is 20.8 Å². The molecule has 0 atom stereocenters. The highest BCUT2D eigenvalue weighted by atomic mass is 14.4. The van der Waals surface area contributed by atoms with Crippen molar-refractivity contribution >= 4 is 11.6 Å². The first-order valence-corrected chi connectivity index (χ1v) is 6.15. The van der Waals surface area contributed by atoms with Gasteiger partial charge in [-0.2, -0.15) is 0 Å². The van der Waals surface area contributed by atoms with E-state index in [9.17, 15) is 0 Å². The fraction of sp³-hybridized carbons (Fsp3) is 0.235. The van der Waals surface area contributed by atoms with E-state index in [4.69, 9.17) is 0 Å². The van der Waals surface area contributed by atoms with Gasteiger partial charge in [-0.25, -0.2) is 0 Å². The smallest absolute Gasteiger partial charge is 0.0327 e. The van der Waals surface area contributed by atoms with Gasteiger partial charge in [0.15, 0.2) is 0 Å². The summed E-state index contributed by atoms with van der Waals surface area (Å²) < 4.78 is 0. The summed E-state index contributed by atoms with van der Waals surface area (Å²) >= 11 is 0. The van der Waals surface area contributed by atoms with Crippen molar-refractivity contribution in [2.75, 3.05) is 0 Å². The summed E-state index contributed by atoms with van der Waals surface area (Å²) in [6.45, 7) is 6.83. The second-order valence-electron chi connectivity index (χ2n) is 5.75. The molecule has 0 saturated carbocycles. The maximum absolute atomic E-state index is 2.32. The molecule has 0 heteroatoms. The molecule has 1 aromatic rings. The monoisotopic (exact) mass is 221 g/mol. The van der Waals surface area contributed by atoms with Crippen LogP contribution in [0.5, 0.6) is 0 Å². The van der Waals surface area contributed by atoms with E-state index in [1.54, 1.807) is 0 Å². The number of allylic oxidation sites excluding steroid dienone is 5. The van der Waals surface area contributed by atoms with Crippen LogP contribution in [0.4, 0.5) is 0 Å². The van der Waals surface area contributed by atoms with Crippen LogP contribution in [0.1, 0.15) is 31.9 Å². The first kappa shape index (κ1) is 10.6. The highest BCUT2D eigenvalue weighted by Crippen LogP contribution is 2.48. The zero-order valence-electron chi connectivity index (χ0n) is 10.6. The Bertz CT molecular complexity index is 548. The molecule has 0 spiro atoms. The van der Waals surface area contributed by atoms with Gasteiger partial charge in [-0.1, -0.05) is 63.3 Å². The van der Waals surface area contributed by atoms with Gasteiger partial charge < -0.3 is 0 Å². The van der Waals surface area contributed by atoms with E-state index < -0.39 is 0 Å². The average molecular weight is 221 g/mol. The summed E-state index contributed by atoms with van der Waals surface area (Å²) in [5, 5.41) is 0. The minimum atomic E-state index is 0.198. The van der Waals surface area contributed by atoms with Gasteiger partial charge in [-0.05, 0) is 33.8 Å². The largest absolute Gasteiger partial charge is 0.0722 e. The highest BCUT2D eigenvalue weighted by molar-refractivity contribution is 5.99. The van der Waals surface area contributed by atoms with Crippen LogP contribution in [0.15, 0.2) is 48.1 Å². The van der Waals surface area contributed by atoms with Gasteiger partial charge in [0.25, 0.3) is 0 Å². The molecule has 0 bridgehead atoms. The summed E-state index contributed by atoms with van der Waals surface area (Å²) in [7, 11) is 0. The fourth-order valence-corrected chi connectivity index (χ4v) is 2.63. The Morgan fingerprint density at radius 3 is 2.47 bits per heavy atom. The van der Waals surface area contributed by atoms with Crippen molar-refractivity contribution in [2.24, 2.45) is 5.41 Å². The predicted molar refractivity (Wildman–Crippen MR) is 74.2 cm³/mol. The lowest BCUT2D eigenvalue weighted by atomic mass is 9.72. The van der Waals surface area contributed by atoms with Gasteiger partial charge in [-0.3, -0.25) is 0 Å². The van der Waals surface area contributed by atoms with Gasteiger partial charge in [0.2, 0.25) is 0 Å². The second kappa shape index (κ2) is 3.46. The minimum Gasteiger partial charge on any atom is -0.0722 e. The SMILES string of the molecule is CC(C)(C)[C]1C=CC=C2C1=Cc1ccccc12. The molecule has 85 valence electrons. The van der Waals surface area contributed by atoms with Gasteiger partial charge in [0.05, 0.1) is 0 Å². The molecule has 2 aliphatic carbocycles. The molecule has 0 N–H and O–H groups in total. The first-order valence-electron chi connectivity index (χ1n) is 6.15. The van der Waals surface area contributed by atoms with Crippen LogP contribution in [0.25, 0.3) is 11.6 Å². The van der Waals surface area contributed by atoms with Crippen molar-refractivity contribution in [1.82, 2.24) is 0 Å². The van der Waals surface area contributed by atoms with E-state index in [2.05, 4.69) is 69.3 Å². The summed E-state index contributed by atoms with van der Waals surface area (Å²) in [4.78, 5) is 0. The maximum atomic E-state index is 2.32. The lowest BCUT2D eigenvalue weighted by molar-refractivity contribution is 0.469. The lowest BCUT2D eigenvalue weighted by Crippen LogP contribution is -2.19. The molecule has 0 aromatic heterocycles. The van der Waals surface area contributed by atoms with Crippen LogP contribution in [0.3, 0.4) is 0 Å². The lowest BCUT2D eigenvalue weighted by Gasteiger charge is -2.31. The van der Waals surface area contributed by atoms with Crippen molar-refractivity contribution < 1.29 is 0 Å². The number of rotatable bonds is 0. The Morgan fingerprint density at radius 1 is 0.941 bits per heavy atom. The van der Waals surface area contributed by atoms with Crippen molar-refractivity contribution in [3.8, 4) is 0 Å². The molecule has 17 heavy (non-hydrogen) atoms. The third-order valence-electron chi connectivity index (χ3n) is 3.46. The number of benzene rings is 1. The first-order chi connectivity index (χ1) is 8.07. The van der Waals surface area contributed by atoms with Crippen LogP contribution in [0, 0.1) is 11.3 Å². The Kier molecular flexibility index (Phi) is 2.16. The molecule has 0 heterocycles. The molecule has 0 amide bonds. The van der Waals surface area contributed by atoms with E-state index in [0.29, 0.717) is 0 Å². The number of hydrogen-bond donors (Lipinski definition) is 0. The van der Waals surface area contributed by atoms with Crippen molar-refractivity contribution in [1.29, 1.82) is 0 Å². The fourth-order valence-electron chi connectivity index (χ4n) is 2.63. The molecule has 1 aromatic carbocycles. The Balaban J connectivity index is 2.13. The highest BCUT2D eigenvalue weighted by Gasteiger charge is 2.33. The maximum Gasteiger partial charge on any atom is 0.0327 e.